The van der Waals surface area contributed by atoms with Crippen molar-refractivity contribution in [1.82, 2.24) is 0 Å². The minimum Gasteiger partial charge on any atom is -0.385 e. The molecule has 1 unspecified atom stereocenters. The van der Waals surface area contributed by atoms with Crippen LogP contribution in [0.25, 0.3) is 0 Å². The molecule has 1 aromatic carbocycles. The van der Waals surface area contributed by atoms with Crippen LogP contribution in [0.4, 0.5) is 8.78 Å². The predicted octanol–water partition coefficient (Wildman–Crippen LogP) is 2.50. The largest absolute Gasteiger partial charge is 0.385 e. The molecule has 5 heteroatoms. The van der Waals surface area contributed by atoms with Gasteiger partial charge in [0, 0.05) is 38.7 Å². The molecule has 1 aromatic rings. The Morgan fingerprint density at radius 2 is 1.89 bits per heavy atom. The standard InChI is InChI=1S/C14H18F2O3/c1-9-3-4-10(12(16)11(9)15)13(17)14(18-2)5-7-19-8-6-14/h3-4,13,17H,5-8H2,1-2H3. The Morgan fingerprint density at radius 1 is 1.26 bits per heavy atom. The second kappa shape index (κ2) is 5.53. The van der Waals surface area contributed by atoms with Gasteiger partial charge in [-0.15, -0.1) is 0 Å². The second-order valence-electron chi connectivity index (χ2n) is 4.88. The Labute approximate surface area is 111 Å². The summed E-state index contributed by atoms with van der Waals surface area (Å²) in [5.41, 5.74) is -0.764. The summed E-state index contributed by atoms with van der Waals surface area (Å²) in [6, 6.07) is 2.87. The van der Waals surface area contributed by atoms with E-state index in [1.807, 2.05) is 0 Å². The number of rotatable bonds is 3. The summed E-state index contributed by atoms with van der Waals surface area (Å²) < 4.78 is 38.2. The first-order chi connectivity index (χ1) is 9.02. The molecule has 0 radical (unpaired) electrons. The maximum Gasteiger partial charge on any atom is 0.164 e. The summed E-state index contributed by atoms with van der Waals surface area (Å²) in [5, 5.41) is 10.4. The molecule has 0 amide bonds. The van der Waals surface area contributed by atoms with E-state index in [4.69, 9.17) is 9.47 Å². The number of hydrogen-bond acceptors (Lipinski definition) is 3. The molecular formula is C14H18F2O3. The molecule has 1 aliphatic heterocycles. The fraction of sp³-hybridized carbons (Fsp3) is 0.571. The summed E-state index contributed by atoms with van der Waals surface area (Å²) in [6.45, 7) is 2.34. The highest BCUT2D eigenvalue weighted by Gasteiger charge is 2.42. The SMILES string of the molecule is COC1(C(O)c2ccc(C)c(F)c2F)CCOCC1. The number of aryl methyl sites for hydroxylation is 1. The van der Waals surface area contributed by atoms with E-state index in [9.17, 15) is 13.9 Å². The number of halogens is 2. The van der Waals surface area contributed by atoms with Crippen LogP contribution in [0.1, 0.15) is 30.1 Å². The average Bonchev–Trinajstić information content (AvgIpc) is 2.45. The molecule has 1 aliphatic rings. The zero-order valence-corrected chi connectivity index (χ0v) is 11.1. The average molecular weight is 272 g/mol. The minimum atomic E-state index is -1.21. The van der Waals surface area contributed by atoms with Crippen LogP contribution < -0.4 is 0 Å². The van der Waals surface area contributed by atoms with Gasteiger partial charge in [-0.3, -0.25) is 0 Å². The van der Waals surface area contributed by atoms with Crippen molar-refractivity contribution in [2.45, 2.75) is 31.5 Å². The summed E-state index contributed by atoms with van der Waals surface area (Å²) in [6.07, 6.45) is -0.323. The van der Waals surface area contributed by atoms with Crippen LogP contribution >= 0.6 is 0 Å². The third-order valence-corrected chi connectivity index (χ3v) is 3.84. The van der Waals surface area contributed by atoms with Gasteiger partial charge in [0.2, 0.25) is 0 Å². The number of methoxy groups -OCH3 is 1. The minimum absolute atomic E-state index is 0.0631. The van der Waals surface area contributed by atoms with Crippen molar-refractivity contribution >= 4 is 0 Å². The number of aliphatic hydroxyl groups excluding tert-OH is 1. The normalized spacial score (nSPS) is 20.3. The van der Waals surface area contributed by atoms with Crippen LogP contribution in [0, 0.1) is 18.6 Å². The Balaban J connectivity index is 2.37. The van der Waals surface area contributed by atoms with Gasteiger partial charge in [-0.25, -0.2) is 8.78 Å². The fourth-order valence-corrected chi connectivity index (χ4v) is 2.46. The maximum absolute atomic E-state index is 14.0. The molecular weight excluding hydrogens is 254 g/mol. The molecule has 0 spiro atoms. The number of hydrogen-bond donors (Lipinski definition) is 1. The molecule has 0 saturated carbocycles. The smallest absolute Gasteiger partial charge is 0.164 e. The quantitative estimate of drug-likeness (QED) is 0.919. The van der Waals surface area contributed by atoms with E-state index in [0.29, 0.717) is 26.1 Å². The Hall–Kier alpha value is -1.04. The molecule has 2 rings (SSSR count). The summed E-state index contributed by atoms with van der Waals surface area (Å²) in [7, 11) is 1.47. The van der Waals surface area contributed by atoms with E-state index in [2.05, 4.69) is 0 Å². The molecule has 1 N–H and O–H groups in total. The lowest BCUT2D eigenvalue weighted by Crippen LogP contribution is -2.44. The molecule has 0 aromatic heterocycles. The molecule has 0 bridgehead atoms. The molecule has 1 saturated heterocycles. The van der Waals surface area contributed by atoms with Gasteiger partial charge in [-0.1, -0.05) is 12.1 Å². The maximum atomic E-state index is 14.0. The Bertz CT molecular complexity index is 456. The van der Waals surface area contributed by atoms with E-state index >= 15 is 0 Å². The van der Waals surface area contributed by atoms with Crippen molar-refractivity contribution in [1.29, 1.82) is 0 Å². The van der Waals surface area contributed by atoms with E-state index in [1.54, 1.807) is 0 Å². The van der Waals surface area contributed by atoms with E-state index in [0.717, 1.165) is 0 Å². The molecule has 0 aliphatic carbocycles. The first kappa shape index (κ1) is 14.4. The van der Waals surface area contributed by atoms with Crippen LogP contribution in [-0.4, -0.2) is 31.0 Å². The molecule has 19 heavy (non-hydrogen) atoms. The van der Waals surface area contributed by atoms with Gasteiger partial charge in [-0.2, -0.15) is 0 Å². The third kappa shape index (κ3) is 2.50. The lowest BCUT2D eigenvalue weighted by Gasteiger charge is -2.39. The Morgan fingerprint density at radius 3 is 2.47 bits per heavy atom. The van der Waals surface area contributed by atoms with Crippen molar-refractivity contribution < 1.29 is 23.4 Å². The summed E-state index contributed by atoms with van der Waals surface area (Å²) in [5.74, 6) is -1.93. The highest BCUT2D eigenvalue weighted by molar-refractivity contribution is 5.29. The van der Waals surface area contributed by atoms with Crippen LogP contribution in [0.3, 0.4) is 0 Å². The second-order valence-corrected chi connectivity index (χ2v) is 4.88. The van der Waals surface area contributed by atoms with Gasteiger partial charge < -0.3 is 14.6 Å². The first-order valence-electron chi connectivity index (χ1n) is 6.27. The van der Waals surface area contributed by atoms with E-state index in [-0.39, 0.29) is 11.1 Å². The van der Waals surface area contributed by atoms with Gasteiger partial charge in [-0.05, 0) is 12.5 Å². The highest BCUT2D eigenvalue weighted by atomic mass is 19.2. The first-order valence-corrected chi connectivity index (χ1v) is 6.27. The zero-order chi connectivity index (χ0) is 14.0. The molecule has 106 valence electrons. The van der Waals surface area contributed by atoms with Crippen molar-refractivity contribution in [3.8, 4) is 0 Å². The van der Waals surface area contributed by atoms with Crippen molar-refractivity contribution in [2.24, 2.45) is 0 Å². The fourth-order valence-electron chi connectivity index (χ4n) is 2.46. The number of aliphatic hydroxyl groups is 1. The molecule has 1 fully saturated rings. The van der Waals surface area contributed by atoms with Crippen LogP contribution in [0.2, 0.25) is 0 Å². The van der Waals surface area contributed by atoms with Crippen molar-refractivity contribution in [3.63, 3.8) is 0 Å². The van der Waals surface area contributed by atoms with Gasteiger partial charge in [0.15, 0.2) is 11.6 Å². The summed E-state index contributed by atoms with van der Waals surface area (Å²) >= 11 is 0. The highest BCUT2D eigenvalue weighted by Crippen LogP contribution is 2.38. The van der Waals surface area contributed by atoms with E-state index in [1.165, 1.54) is 26.2 Å². The number of benzene rings is 1. The van der Waals surface area contributed by atoms with E-state index < -0.39 is 23.3 Å². The van der Waals surface area contributed by atoms with Gasteiger partial charge in [0.25, 0.3) is 0 Å². The van der Waals surface area contributed by atoms with Crippen molar-refractivity contribution in [2.75, 3.05) is 20.3 Å². The lowest BCUT2D eigenvalue weighted by atomic mass is 9.83. The number of ether oxygens (including phenoxy) is 2. The monoisotopic (exact) mass is 272 g/mol. The van der Waals surface area contributed by atoms with Gasteiger partial charge in [0.05, 0.1) is 0 Å². The third-order valence-electron chi connectivity index (χ3n) is 3.84. The zero-order valence-electron chi connectivity index (χ0n) is 11.1. The predicted molar refractivity (Wildman–Crippen MR) is 65.8 cm³/mol. The lowest BCUT2D eigenvalue weighted by molar-refractivity contribution is -0.155. The topological polar surface area (TPSA) is 38.7 Å². The van der Waals surface area contributed by atoms with Crippen molar-refractivity contribution in [3.05, 3.63) is 34.9 Å². The van der Waals surface area contributed by atoms with Crippen LogP contribution in [-0.2, 0) is 9.47 Å². The molecule has 3 nitrogen and oxygen atoms in total. The van der Waals surface area contributed by atoms with Gasteiger partial charge >= 0.3 is 0 Å². The molecule has 1 heterocycles. The van der Waals surface area contributed by atoms with Gasteiger partial charge in [0.1, 0.15) is 11.7 Å². The van der Waals surface area contributed by atoms with Crippen LogP contribution in [0.15, 0.2) is 12.1 Å². The Kier molecular flexibility index (Phi) is 4.18. The summed E-state index contributed by atoms with van der Waals surface area (Å²) in [4.78, 5) is 0. The molecule has 1 atom stereocenters. The van der Waals surface area contributed by atoms with Crippen LogP contribution in [0.5, 0.6) is 0 Å².